The Bertz CT molecular complexity index is 347. The van der Waals surface area contributed by atoms with E-state index in [1.807, 2.05) is 6.92 Å². The third-order valence-electron chi connectivity index (χ3n) is 5.09. The SMILES string of the molecule is CCC(CC#N)NC(=O)C1CCC2CCCCC2C1. The summed E-state index contributed by atoms with van der Waals surface area (Å²) in [6, 6.07) is 2.20. The average Bonchev–Trinajstić information content (AvgIpc) is 2.46. The Labute approximate surface area is 116 Å². The van der Waals surface area contributed by atoms with Gasteiger partial charge >= 0.3 is 0 Å². The maximum atomic E-state index is 12.3. The van der Waals surface area contributed by atoms with Gasteiger partial charge in [-0.05, 0) is 37.5 Å². The normalized spacial score (nSPS) is 31.9. The first-order chi connectivity index (χ1) is 9.24. The van der Waals surface area contributed by atoms with Crippen LogP contribution in [-0.2, 0) is 4.79 Å². The monoisotopic (exact) mass is 262 g/mol. The fourth-order valence-corrected chi connectivity index (χ4v) is 3.84. The van der Waals surface area contributed by atoms with E-state index >= 15 is 0 Å². The average molecular weight is 262 g/mol. The first-order valence-electron chi connectivity index (χ1n) is 7.92. The summed E-state index contributed by atoms with van der Waals surface area (Å²) in [5, 5.41) is 11.8. The Hall–Kier alpha value is -1.04. The molecule has 0 spiro atoms. The van der Waals surface area contributed by atoms with E-state index in [9.17, 15) is 4.79 Å². The second kappa shape index (κ2) is 6.93. The summed E-state index contributed by atoms with van der Waals surface area (Å²) in [5.41, 5.74) is 0. The van der Waals surface area contributed by atoms with Crippen molar-refractivity contribution in [3.63, 3.8) is 0 Å². The summed E-state index contributed by atoms with van der Waals surface area (Å²) in [4.78, 5) is 12.3. The van der Waals surface area contributed by atoms with Crippen molar-refractivity contribution in [2.24, 2.45) is 17.8 Å². The van der Waals surface area contributed by atoms with Crippen molar-refractivity contribution in [2.45, 2.75) is 70.8 Å². The van der Waals surface area contributed by atoms with Crippen molar-refractivity contribution < 1.29 is 4.79 Å². The molecule has 106 valence electrons. The van der Waals surface area contributed by atoms with Gasteiger partial charge in [-0.15, -0.1) is 0 Å². The van der Waals surface area contributed by atoms with E-state index < -0.39 is 0 Å². The molecule has 4 unspecified atom stereocenters. The van der Waals surface area contributed by atoms with Gasteiger partial charge in [0.25, 0.3) is 0 Å². The highest BCUT2D eigenvalue weighted by molar-refractivity contribution is 5.79. The van der Waals surface area contributed by atoms with Gasteiger partial charge in [0.05, 0.1) is 12.5 Å². The van der Waals surface area contributed by atoms with Gasteiger partial charge in [-0.25, -0.2) is 0 Å². The number of carbonyl (C=O) groups excluding carboxylic acids is 1. The summed E-state index contributed by atoms with van der Waals surface area (Å²) >= 11 is 0. The molecule has 2 aliphatic carbocycles. The third-order valence-corrected chi connectivity index (χ3v) is 5.09. The van der Waals surface area contributed by atoms with Crippen LogP contribution in [0.4, 0.5) is 0 Å². The standard InChI is InChI=1S/C16H26N2O/c1-2-15(9-10-17)18-16(19)14-8-7-12-5-3-4-6-13(12)11-14/h12-15H,2-9,11H2,1H3,(H,18,19). The summed E-state index contributed by atoms with van der Waals surface area (Å²) in [5.74, 6) is 2.08. The lowest BCUT2D eigenvalue weighted by atomic mass is 9.67. The lowest BCUT2D eigenvalue weighted by molar-refractivity contribution is -0.128. The molecule has 3 heteroatoms. The fraction of sp³-hybridized carbons (Fsp3) is 0.875. The van der Waals surface area contributed by atoms with Crippen LogP contribution in [0.15, 0.2) is 0 Å². The van der Waals surface area contributed by atoms with E-state index in [0.717, 1.165) is 31.1 Å². The summed E-state index contributed by atoms with van der Waals surface area (Å²) in [6.45, 7) is 2.03. The van der Waals surface area contributed by atoms with E-state index in [4.69, 9.17) is 5.26 Å². The molecule has 0 bridgehead atoms. The molecule has 0 radical (unpaired) electrons. The highest BCUT2D eigenvalue weighted by Gasteiger charge is 2.35. The smallest absolute Gasteiger partial charge is 0.223 e. The second-order valence-corrected chi connectivity index (χ2v) is 6.29. The van der Waals surface area contributed by atoms with Gasteiger partial charge in [0.2, 0.25) is 5.91 Å². The predicted molar refractivity (Wildman–Crippen MR) is 75.2 cm³/mol. The summed E-state index contributed by atoms with van der Waals surface area (Å²) < 4.78 is 0. The molecule has 2 aliphatic rings. The summed E-state index contributed by atoms with van der Waals surface area (Å²) in [7, 11) is 0. The van der Waals surface area contributed by atoms with E-state index in [2.05, 4.69) is 11.4 Å². The number of fused-ring (bicyclic) bond motifs is 1. The van der Waals surface area contributed by atoms with Gasteiger partial charge in [-0.3, -0.25) is 4.79 Å². The third kappa shape index (κ3) is 3.72. The van der Waals surface area contributed by atoms with Crippen molar-refractivity contribution >= 4 is 5.91 Å². The van der Waals surface area contributed by atoms with Crippen molar-refractivity contribution in [3.8, 4) is 6.07 Å². The molecule has 0 heterocycles. The molecule has 3 nitrogen and oxygen atoms in total. The Morgan fingerprint density at radius 3 is 2.68 bits per heavy atom. The van der Waals surface area contributed by atoms with Crippen molar-refractivity contribution in [1.29, 1.82) is 5.26 Å². The molecule has 1 N–H and O–H groups in total. The Morgan fingerprint density at radius 2 is 2.00 bits per heavy atom. The molecule has 0 aromatic carbocycles. The molecule has 0 aromatic rings. The molecule has 2 saturated carbocycles. The van der Waals surface area contributed by atoms with Crippen molar-refractivity contribution in [2.75, 3.05) is 0 Å². The van der Waals surface area contributed by atoms with Crippen molar-refractivity contribution in [1.82, 2.24) is 5.32 Å². The van der Waals surface area contributed by atoms with Crippen LogP contribution >= 0.6 is 0 Å². The molecular formula is C16H26N2O. The number of rotatable bonds is 4. The lowest BCUT2D eigenvalue weighted by Gasteiger charge is -2.39. The second-order valence-electron chi connectivity index (χ2n) is 6.29. The maximum absolute atomic E-state index is 12.3. The number of nitriles is 1. The fourth-order valence-electron chi connectivity index (χ4n) is 3.84. The molecule has 2 fully saturated rings. The topological polar surface area (TPSA) is 52.9 Å². The number of nitrogens with zero attached hydrogens (tertiary/aromatic N) is 1. The number of carbonyl (C=O) groups is 1. The van der Waals surface area contributed by atoms with Gasteiger partial charge in [0.1, 0.15) is 0 Å². The minimum Gasteiger partial charge on any atom is -0.352 e. The molecule has 1 amide bonds. The van der Waals surface area contributed by atoms with Crippen LogP contribution in [0.3, 0.4) is 0 Å². The van der Waals surface area contributed by atoms with Crippen molar-refractivity contribution in [3.05, 3.63) is 0 Å². The number of hydrogen-bond donors (Lipinski definition) is 1. The zero-order valence-corrected chi connectivity index (χ0v) is 12.0. The molecule has 0 aromatic heterocycles. The molecular weight excluding hydrogens is 236 g/mol. The van der Waals surface area contributed by atoms with E-state index in [1.165, 1.54) is 32.1 Å². The highest BCUT2D eigenvalue weighted by Crippen LogP contribution is 2.42. The zero-order valence-electron chi connectivity index (χ0n) is 12.0. The Balaban J connectivity index is 1.84. The van der Waals surface area contributed by atoms with Gasteiger partial charge in [0.15, 0.2) is 0 Å². The minimum atomic E-state index is 0.0431. The number of amides is 1. The summed E-state index contributed by atoms with van der Waals surface area (Å²) in [6.07, 6.45) is 10.1. The van der Waals surface area contributed by atoms with Gasteiger partial charge in [-0.2, -0.15) is 5.26 Å². The molecule has 0 aliphatic heterocycles. The molecule has 19 heavy (non-hydrogen) atoms. The van der Waals surface area contributed by atoms with Crippen LogP contribution in [0.25, 0.3) is 0 Å². The van der Waals surface area contributed by atoms with E-state index in [0.29, 0.717) is 6.42 Å². The quantitative estimate of drug-likeness (QED) is 0.844. The Kier molecular flexibility index (Phi) is 5.24. The first-order valence-corrected chi connectivity index (χ1v) is 7.92. The zero-order chi connectivity index (χ0) is 13.7. The molecule has 2 rings (SSSR count). The van der Waals surface area contributed by atoms with Gasteiger partial charge in [0, 0.05) is 12.0 Å². The van der Waals surface area contributed by atoms with E-state index in [-0.39, 0.29) is 17.9 Å². The first kappa shape index (κ1) is 14.4. The number of nitrogens with one attached hydrogen (secondary N) is 1. The largest absolute Gasteiger partial charge is 0.352 e. The van der Waals surface area contributed by atoms with Crippen LogP contribution < -0.4 is 5.32 Å². The van der Waals surface area contributed by atoms with Crippen LogP contribution in [0.5, 0.6) is 0 Å². The molecule has 0 saturated heterocycles. The maximum Gasteiger partial charge on any atom is 0.223 e. The van der Waals surface area contributed by atoms with Crippen LogP contribution in [-0.4, -0.2) is 11.9 Å². The Morgan fingerprint density at radius 1 is 1.26 bits per heavy atom. The predicted octanol–water partition coefficient (Wildman–Crippen LogP) is 3.40. The van der Waals surface area contributed by atoms with Crippen LogP contribution in [0.1, 0.15) is 64.7 Å². The van der Waals surface area contributed by atoms with E-state index in [1.54, 1.807) is 0 Å². The lowest BCUT2D eigenvalue weighted by Crippen LogP contribution is -2.41. The minimum absolute atomic E-state index is 0.0431. The molecule has 4 atom stereocenters. The van der Waals surface area contributed by atoms with Crippen LogP contribution in [0.2, 0.25) is 0 Å². The van der Waals surface area contributed by atoms with Gasteiger partial charge in [-0.1, -0.05) is 32.6 Å². The highest BCUT2D eigenvalue weighted by atomic mass is 16.1. The van der Waals surface area contributed by atoms with Crippen LogP contribution in [0, 0.1) is 29.1 Å². The number of hydrogen-bond acceptors (Lipinski definition) is 2. The van der Waals surface area contributed by atoms with Gasteiger partial charge < -0.3 is 5.32 Å².